The van der Waals surface area contributed by atoms with Crippen molar-refractivity contribution in [1.29, 1.82) is 0 Å². The first-order chi connectivity index (χ1) is 17.1. The Morgan fingerprint density at radius 2 is 2.03 bits per heavy atom. The molecule has 0 saturated carbocycles. The number of fused-ring (bicyclic) bond motifs is 2. The number of nitrogens with zero attached hydrogens (tertiary/aromatic N) is 1. The van der Waals surface area contributed by atoms with Gasteiger partial charge < -0.3 is 24.7 Å². The van der Waals surface area contributed by atoms with Gasteiger partial charge in [0.1, 0.15) is 11.4 Å². The van der Waals surface area contributed by atoms with E-state index < -0.39 is 17.4 Å². The molecule has 4 atom stereocenters. The number of carbonyl (C=O) groups is 2. The number of carbonyl (C=O) groups excluding carboxylic acids is 2. The number of ether oxygens (including phenoxy) is 2. The first kappa shape index (κ1) is 21.9. The summed E-state index contributed by atoms with van der Waals surface area (Å²) in [6.45, 7) is 1.62. The number of H-pyrrole nitrogens is 1. The molecular formula is C28H29N3O4. The standard InChI is InChI=1S/C28H29N3O4/c1-34-20-8-6-18(7-9-20)11-14-29-26(32)24-23-10-13-28(35-23)17-31(27(33)25(24)28)15-12-19-16-30-22-5-3-2-4-21(19)22/h2-10,13,16,23-25,30H,11-12,14-15,17H2,1H3,(H,29,32)/t23-,24-,25+,28-/m1/s1. The predicted octanol–water partition coefficient (Wildman–Crippen LogP) is 2.86. The van der Waals surface area contributed by atoms with Gasteiger partial charge in [-0.1, -0.05) is 42.5 Å². The van der Waals surface area contributed by atoms with Gasteiger partial charge in [-0.2, -0.15) is 0 Å². The second-order valence-corrected chi connectivity index (χ2v) is 9.66. The maximum Gasteiger partial charge on any atom is 0.230 e. The molecule has 1 spiro atoms. The Morgan fingerprint density at radius 3 is 2.86 bits per heavy atom. The molecule has 2 fully saturated rings. The number of benzene rings is 2. The molecule has 0 radical (unpaired) electrons. The van der Waals surface area contributed by atoms with Crippen molar-refractivity contribution < 1.29 is 19.1 Å². The van der Waals surface area contributed by atoms with Gasteiger partial charge in [-0.3, -0.25) is 9.59 Å². The average molecular weight is 472 g/mol. The third-order valence-corrected chi connectivity index (χ3v) is 7.68. The highest BCUT2D eigenvalue weighted by Gasteiger charge is 2.66. The SMILES string of the molecule is COc1ccc(CCNC(=O)[C@H]2[C@H]3C(=O)N(CCc4c[nH]c5ccccc45)C[C@]34C=C[C@H]2O4)cc1. The Kier molecular flexibility index (Phi) is 5.37. The highest BCUT2D eigenvalue weighted by atomic mass is 16.5. The van der Waals surface area contributed by atoms with E-state index in [-0.39, 0.29) is 17.9 Å². The lowest BCUT2D eigenvalue weighted by Gasteiger charge is -2.23. The van der Waals surface area contributed by atoms with Crippen LogP contribution in [0, 0.1) is 11.8 Å². The van der Waals surface area contributed by atoms with Crippen LogP contribution >= 0.6 is 0 Å². The third-order valence-electron chi connectivity index (χ3n) is 7.68. The van der Waals surface area contributed by atoms with Gasteiger partial charge in [0.05, 0.1) is 31.6 Å². The van der Waals surface area contributed by atoms with Crippen LogP contribution in [-0.2, 0) is 27.2 Å². The minimum Gasteiger partial charge on any atom is -0.497 e. The highest BCUT2D eigenvalue weighted by molar-refractivity contribution is 5.93. The van der Waals surface area contributed by atoms with Crippen LogP contribution in [-0.4, -0.2) is 60.1 Å². The molecule has 2 N–H and O–H groups in total. The summed E-state index contributed by atoms with van der Waals surface area (Å²) in [4.78, 5) is 31.8. The van der Waals surface area contributed by atoms with Crippen molar-refractivity contribution in [2.75, 3.05) is 26.7 Å². The van der Waals surface area contributed by atoms with E-state index in [9.17, 15) is 9.59 Å². The van der Waals surface area contributed by atoms with Crippen molar-refractivity contribution in [3.63, 3.8) is 0 Å². The number of rotatable bonds is 8. The lowest BCUT2D eigenvalue weighted by molar-refractivity contribution is -0.137. The number of para-hydroxylation sites is 1. The molecule has 1 aromatic heterocycles. The van der Waals surface area contributed by atoms with Crippen LogP contribution in [0.5, 0.6) is 5.75 Å². The van der Waals surface area contributed by atoms with Crippen LogP contribution in [0.4, 0.5) is 0 Å². The summed E-state index contributed by atoms with van der Waals surface area (Å²) in [6, 6.07) is 16.0. The monoisotopic (exact) mass is 471 g/mol. The van der Waals surface area contributed by atoms with Gasteiger partial charge in [-0.25, -0.2) is 0 Å². The number of amides is 2. The summed E-state index contributed by atoms with van der Waals surface area (Å²) < 4.78 is 11.5. The van der Waals surface area contributed by atoms with Gasteiger partial charge in [0.15, 0.2) is 0 Å². The molecule has 3 aliphatic rings. The van der Waals surface area contributed by atoms with Gasteiger partial charge in [-0.05, 0) is 42.2 Å². The minimum absolute atomic E-state index is 0.0204. The summed E-state index contributed by atoms with van der Waals surface area (Å²) >= 11 is 0. The zero-order valence-corrected chi connectivity index (χ0v) is 19.7. The van der Waals surface area contributed by atoms with E-state index in [1.165, 1.54) is 10.9 Å². The molecule has 180 valence electrons. The maximum absolute atomic E-state index is 13.5. The van der Waals surface area contributed by atoms with Crippen molar-refractivity contribution in [2.24, 2.45) is 11.8 Å². The van der Waals surface area contributed by atoms with Gasteiger partial charge in [0.2, 0.25) is 11.8 Å². The Hall–Kier alpha value is -3.58. The predicted molar refractivity (Wildman–Crippen MR) is 132 cm³/mol. The minimum atomic E-state index is -0.681. The largest absolute Gasteiger partial charge is 0.497 e. The summed E-state index contributed by atoms with van der Waals surface area (Å²) in [5.74, 6) is -0.218. The molecule has 7 nitrogen and oxygen atoms in total. The zero-order valence-electron chi connectivity index (χ0n) is 19.7. The molecule has 3 aromatic rings. The third kappa shape index (κ3) is 3.71. The van der Waals surface area contributed by atoms with Crippen molar-refractivity contribution in [2.45, 2.75) is 24.5 Å². The quantitative estimate of drug-likeness (QED) is 0.495. The topological polar surface area (TPSA) is 83.7 Å². The fourth-order valence-corrected chi connectivity index (χ4v) is 5.90. The summed E-state index contributed by atoms with van der Waals surface area (Å²) in [5, 5.41) is 4.23. The molecule has 2 amide bonds. The van der Waals surface area contributed by atoms with Gasteiger partial charge in [0, 0.05) is 30.2 Å². The molecule has 6 rings (SSSR count). The van der Waals surface area contributed by atoms with Crippen LogP contribution in [0.3, 0.4) is 0 Å². The number of nitrogens with one attached hydrogen (secondary N) is 2. The van der Waals surface area contributed by atoms with E-state index >= 15 is 0 Å². The van der Waals surface area contributed by atoms with Crippen molar-refractivity contribution in [3.8, 4) is 5.75 Å². The maximum atomic E-state index is 13.5. The normalized spacial score (nSPS) is 26.5. The molecule has 35 heavy (non-hydrogen) atoms. The first-order valence-corrected chi connectivity index (χ1v) is 12.2. The fraction of sp³-hybridized carbons (Fsp3) is 0.357. The second-order valence-electron chi connectivity index (χ2n) is 9.66. The number of aromatic nitrogens is 1. The van der Waals surface area contributed by atoms with Crippen LogP contribution in [0.1, 0.15) is 11.1 Å². The van der Waals surface area contributed by atoms with Gasteiger partial charge >= 0.3 is 0 Å². The van der Waals surface area contributed by atoms with E-state index in [1.54, 1.807) is 7.11 Å². The van der Waals surface area contributed by atoms with Crippen molar-refractivity contribution in [1.82, 2.24) is 15.2 Å². The number of hydrogen-bond donors (Lipinski definition) is 2. The molecule has 4 heterocycles. The zero-order chi connectivity index (χ0) is 24.0. The van der Waals surface area contributed by atoms with E-state index in [2.05, 4.69) is 22.4 Å². The number of likely N-dealkylation sites (tertiary alicyclic amines) is 1. The van der Waals surface area contributed by atoms with E-state index in [0.717, 1.165) is 23.3 Å². The van der Waals surface area contributed by atoms with E-state index in [1.807, 2.05) is 59.6 Å². The molecule has 2 bridgehead atoms. The second kappa shape index (κ2) is 8.57. The lowest BCUT2D eigenvalue weighted by atomic mass is 9.77. The molecule has 2 aromatic carbocycles. The van der Waals surface area contributed by atoms with Gasteiger partial charge in [0.25, 0.3) is 0 Å². The lowest BCUT2D eigenvalue weighted by Crippen LogP contribution is -2.44. The fourth-order valence-electron chi connectivity index (χ4n) is 5.90. The Labute approximate surface area is 204 Å². The Bertz CT molecular complexity index is 1300. The van der Waals surface area contributed by atoms with E-state index in [0.29, 0.717) is 26.1 Å². The van der Waals surface area contributed by atoms with E-state index in [4.69, 9.17) is 9.47 Å². The van der Waals surface area contributed by atoms with Crippen molar-refractivity contribution in [3.05, 3.63) is 78.0 Å². The Balaban J connectivity index is 1.10. The Morgan fingerprint density at radius 1 is 1.20 bits per heavy atom. The van der Waals surface area contributed by atoms with Crippen LogP contribution in [0.15, 0.2) is 66.9 Å². The summed E-state index contributed by atoms with van der Waals surface area (Å²) in [5.41, 5.74) is 2.73. The molecule has 0 aliphatic carbocycles. The number of hydrogen-bond acceptors (Lipinski definition) is 4. The van der Waals surface area contributed by atoms with Crippen molar-refractivity contribution >= 4 is 22.7 Å². The van der Waals surface area contributed by atoms with Crippen LogP contribution in [0.2, 0.25) is 0 Å². The highest BCUT2D eigenvalue weighted by Crippen LogP contribution is 2.51. The average Bonchev–Trinajstić information content (AvgIpc) is 3.63. The first-order valence-electron chi connectivity index (χ1n) is 12.2. The summed E-state index contributed by atoms with van der Waals surface area (Å²) in [7, 11) is 1.64. The summed E-state index contributed by atoms with van der Waals surface area (Å²) in [6.07, 6.45) is 7.12. The smallest absolute Gasteiger partial charge is 0.230 e. The van der Waals surface area contributed by atoms with Crippen LogP contribution in [0.25, 0.3) is 10.9 Å². The number of aromatic amines is 1. The molecule has 0 unspecified atom stereocenters. The molecular weight excluding hydrogens is 442 g/mol. The van der Waals surface area contributed by atoms with Gasteiger partial charge in [-0.15, -0.1) is 0 Å². The molecule has 2 saturated heterocycles. The number of methoxy groups -OCH3 is 1. The molecule has 3 aliphatic heterocycles. The molecule has 7 heteroatoms. The van der Waals surface area contributed by atoms with Crippen LogP contribution < -0.4 is 10.1 Å².